The molecular weight excluding hydrogens is 578 g/mol. The summed E-state index contributed by atoms with van der Waals surface area (Å²) in [5, 5.41) is 20.4. The average molecular weight is 616 g/mol. The molecule has 12 nitrogen and oxygen atoms in total. The Morgan fingerprint density at radius 1 is 0.955 bits per heavy atom. The van der Waals surface area contributed by atoms with Crippen LogP contribution in [0.25, 0.3) is 28.5 Å². The number of benzene rings is 1. The molecule has 5 heterocycles. The largest absolute Gasteiger partial charge is 0.395 e. The van der Waals surface area contributed by atoms with Crippen LogP contribution in [0.3, 0.4) is 0 Å². The lowest BCUT2D eigenvalue weighted by molar-refractivity contribution is 0.320. The number of anilines is 2. The maximum Gasteiger partial charge on any atom is 0.234 e. The Hall–Kier alpha value is -4.23. The number of hydrogen-bond donors (Lipinski definition) is 2. The number of nitrogens with zero attached hydrogens (tertiary/aromatic N) is 8. The highest BCUT2D eigenvalue weighted by atomic mass is 32.2. The predicted octanol–water partition coefficient (Wildman–Crippen LogP) is 3.51. The summed E-state index contributed by atoms with van der Waals surface area (Å²) in [6, 6.07) is 9.37. The monoisotopic (exact) mass is 615 g/mol. The van der Waals surface area contributed by atoms with Crippen LogP contribution in [0.4, 0.5) is 11.4 Å². The van der Waals surface area contributed by atoms with Gasteiger partial charge in [-0.15, -0.1) is 5.10 Å². The van der Waals surface area contributed by atoms with Crippen LogP contribution in [-0.4, -0.2) is 81.7 Å². The summed E-state index contributed by atoms with van der Waals surface area (Å²) in [6.07, 6.45) is 16.2. The van der Waals surface area contributed by atoms with Gasteiger partial charge in [-0.05, 0) is 74.8 Å². The topological polar surface area (TPSA) is 134 Å². The lowest BCUT2D eigenvalue weighted by Crippen LogP contribution is -2.36. The van der Waals surface area contributed by atoms with E-state index in [0.717, 1.165) is 68.1 Å². The minimum Gasteiger partial charge on any atom is -0.395 e. The minimum atomic E-state index is -3.66. The summed E-state index contributed by atoms with van der Waals surface area (Å²) in [6.45, 7) is 5.12. The molecular formula is C31H37N9O3S. The zero-order chi connectivity index (χ0) is 30.3. The molecule has 0 bridgehead atoms. The van der Waals surface area contributed by atoms with Crippen molar-refractivity contribution in [3.05, 3.63) is 66.8 Å². The van der Waals surface area contributed by atoms with Gasteiger partial charge in [0.15, 0.2) is 5.82 Å². The zero-order valence-corrected chi connectivity index (χ0v) is 25.6. The molecule has 7 rings (SSSR count). The number of aliphatic hydroxyl groups excluding tert-OH is 1. The summed E-state index contributed by atoms with van der Waals surface area (Å²) in [5.74, 6) is 0.270. The fourth-order valence-electron chi connectivity index (χ4n) is 6.14. The normalized spacial score (nSPS) is 17.8. The first kappa shape index (κ1) is 28.5. The molecule has 4 aromatic rings. The number of hydrogen-bond acceptors (Lipinski definition) is 9. The average Bonchev–Trinajstić information content (AvgIpc) is 3.38. The molecule has 1 saturated carbocycles. The molecule has 1 aliphatic carbocycles. The van der Waals surface area contributed by atoms with Crippen molar-refractivity contribution in [1.29, 1.82) is 0 Å². The number of aliphatic hydroxyl groups is 1. The number of piperidine rings is 1. The Morgan fingerprint density at radius 2 is 1.80 bits per heavy atom. The van der Waals surface area contributed by atoms with Gasteiger partial charge in [0.25, 0.3) is 0 Å². The fraction of sp³-hybridized carbons (Fsp3) is 0.419. The maximum absolute atomic E-state index is 12.4. The summed E-state index contributed by atoms with van der Waals surface area (Å²) < 4.78 is 31.2. The van der Waals surface area contributed by atoms with Crippen LogP contribution < -0.4 is 14.6 Å². The Kier molecular flexibility index (Phi) is 7.37. The van der Waals surface area contributed by atoms with Gasteiger partial charge in [-0.1, -0.05) is 17.4 Å². The van der Waals surface area contributed by atoms with Crippen molar-refractivity contribution in [2.75, 3.05) is 53.2 Å². The molecule has 0 amide bonds. The van der Waals surface area contributed by atoms with E-state index in [0.29, 0.717) is 28.3 Å². The van der Waals surface area contributed by atoms with Crippen LogP contribution in [0.2, 0.25) is 0 Å². The number of nitrogens with one attached hydrogen (secondary N) is 1. The summed E-state index contributed by atoms with van der Waals surface area (Å²) >= 11 is 0. The van der Waals surface area contributed by atoms with E-state index in [4.69, 9.17) is 9.97 Å². The first-order chi connectivity index (χ1) is 21.3. The van der Waals surface area contributed by atoms with Crippen LogP contribution in [0.1, 0.15) is 37.8 Å². The van der Waals surface area contributed by atoms with Gasteiger partial charge in [0.1, 0.15) is 5.69 Å². The molecule has 230 valence electrons. The van der Waals surface area contributed by atoms with Gasteiger partial charge in [0.2, 0.25) is 10.0 Å². The molecule has 44 heavy (non-hydrogen) atoms. The van der Waals surface area contributed by atoms with Crippen molar-refractivity contribution in [3.63, 3.8) is 0 Å². The quantitative estimate of drug-likeness (QED) is 0.271. The molecule has 2 aliphatic heterocycles. The number of sulfonamides is 1. The second-order valence-electron chi connectivity index (χ2n) is 12.1. The second-order valence-corrected chi connectivity index (χ2v) is 13.9. The fourth-order valence-corrected chi connectivity index (χ4v) is 6.97. The molecule has 3 aliphatic rings. The van der Waals surface area contributed by atoms with Crippen molar-refractivity contribution in [2.24, 2.45) is 5.41 Å². The van der Waals surface area contributed by atoms with Gasteiger partial charge in [-0.25, -0.2) is 23.1 Å². The summed E-state index contributed by atoms with van der Waals surface area (Å²) in [7, 11) is -3.66. The van der Waals surface area contributed by atoms with E-state index in [-0.39, 0.29) is 5.75 Å². The SMILES string of the molecule is Cc1cc(-c2cn(-c3ccc(NS(=O)(=O)CCO)cc3N3CCC4(CC3)CC4)nn2)nc(-c2ccn(N3CC=CCC3)c2)n1. The lowest BCUT2D eigenvalue weighted by Gasteiger charge is -2.35. The first-order valence-corrected chi connectivity index (χ1v) is 16.8. The third kappa shape index (κ3) is 5.93. The third-order valence-electron chi connectivity index (χ3n) is 8.89. The van der Waals surface area contributed by atoms with Crippen molar-refractivity contribution in [3.8, 4) is 28.5 Å². The van der Waals surface area contributed by atoms with Gasteiger partial charge in [0.05, 0.1) is 47.9 Å². The first-order valence-electron chi connectivity index (χ1n) is 15.2. The molecule has 1 saturated heterocycles. The molecule has 3 aromatic heterocycles. The molecule has 1 spiro atoms. The van der Waals surface area contributed by atoms with Crippen molar-refractivity contribution in [2.45, 2.75) is 39.0 Å². The van der Waals surface area contributed by atoms with Gasteiger partial charge in [0, 0.05) is 43.3 Å². The lowest BCUT2D eigenvalue weighted by atomic mass is 9.93. The van der Waals surface area contributed by atoms with Gasteiger partial charge in [-0.3, -0.25) is 9.40 Å². The van der Waals surface area contributed by atoms with Crippen LogP contribution in [0.15, 0.2) is 61.1 Å². The molecule has 13 heteroatoms. The zero-order valence-electron chi connectivity index (χ0n) is 24.8. The number of rotatable bonds is 9. The Bertz CT molecular complexity index is 1800. The highest BCUT2D eigenvalue weighted by Crippen LogP contribution is 2.54. The van der Waals surface area contributed by atoms with Gasteiger partial charge in [-0.2, -0.15) is 0 Å². The second kappa shape index (κ2) is 11.4. The highest BCUT2D eigenvalue weighted by molar-refractivity contribution is 7.92. The van der Waals surface area contributed by atoms with Gasteiger partial charge >= 0.3 is 0 Å². The summed E-state index contributed by atoms with van der Waals surface area (Å²) in [5.41, 5.74) is 5.68. The standard InChI is InChI=1S/C31H37N9O3S/c1-23-19-26(33-30(32-23)24-7-14-39(21-24)38-12-3-2-4-13-38)27-22-40(36-34-27)28-6-5-25(35-44(42,43)18-17-41)20-29(28)37-15-10-31(8-9-31)11-16-37/h2-3,5-7,14,19-22,35,41H,4,8-13,15-18H2,1H3. The van der Waals surface area contributed by atoms with E-state index in [1.165, 1.54) is 12.8 Å². The van der Waals surface area contributed by atoms with Crippen molar-refractivity contribution < 1.29 is 13.5 Å². The van der Waals surface area contributed by atoms with E-state index in [9.17, 15) is 13.5 Å². The number of aryl methyl sites for hydroxylation is 1. The molecule has 2 fully saturated rings. The predicted molar refractivity (Wildman–Crippen MR) is 170 cm³/mol. The van der Waals surface area contributed by atoms with Crippen LogP contribution >= 0.6 is 0 Å². The van der Waals surface area contributed by atoms with Crippen molar-refractivity contribution in [1.82, 2.24) is 29.6 Å². The highest BCUT2D eigenvalue weighted by Gasteiger charge is 2.44. The van der Waals surface area contributed by atoms with Crippen LogP contribution in [0.5, 0.6) is 0 Å². The molecule has 0 radical (unpaired) electrons. The third-order valence-corrected chi connectivity index (χ3v) is 10.2. The molecule has 2 N–H and O–H groups in total. The Balaban J connectivity index is 1.19. The molecule has 0 unspecified atom stereocenters. The minimum absolute atomic E-state index is 0.358. The van der Waals surface area contributed by atoms with Gasteiger partial charge < -0.3 is 15.0 Å². The number of aromatic nitrogens is 6. The van der Waals surface area contributed by atoms with E-state index in [2.05, 4.69) is 48.0 Å². The van der Waals surface area contributed by atoms with E-state index < -0.39 is 16.6 Å². The van der Waals surface area contributed by atoms with Crippen LogP contribution in [-0.2, 0) is 10.0 Å². The van der Waals surface area contributed by atoms with E-state index in [1.807, 2.05) is 43.6 Å². The van der Waals surface area contributed by atoms with Crippen LogP contribution in [0, 0.1) is 12.3 Å². The Morgan fingerprint density at radius 3 is 2.55 bits per heavy atom. The molecule has 0 atom stereocenters. The van der Waals surface area contributed by atoms with E-state index >= 15 is 0 Å². The van der Waals surface area contributed by atoms with E-state index in [1.54, 1.807) is 10.7 Å². The molecule has 1 aromatic carbocycles. The van der Waals surface area contributed by atoms with Crippen molar-refractivity contribution >= 4 is 21.4 Å². The smallest absolute Gasteiger partial charge is 0.234 e. The maximum atomic E-state index is 12.4. The summed E-state index contributed by atoms with van der Waals surface area (Å²) in [4.78, 5) is 11.9. The Labute approximate surface area is 257 Å².